The van der Waals surface area contributed by atoms with Gasteiger partial charge in [-0.15, -0.1) is 0 Å². The van der Waals surface area contributed by atoms with Gasteiger partial charge in [-0.25, -0.2) is 0 Å². The molecule has 4 heteroatoms. The molecule has 2 rings (SSSR count). The van der Waals surface area contributed by atoms with E-state index in [0.717, 1.165) is 49.2 Å². The molecule has 2 unspecified atom stereocenters. The fraction of sp³-hybridized carbons (Fsp3) is 0.647. The summed E-state index contributed by atoms with van der Waals surface area (Å²) in [7, 11) is 1.74. The molecule has 0 amide bonds. The van der Waals surface area contributed by atoms with Crippen LogP contribution in [-0.2, 0) is 11.2 Å². The molecule has 2 atom stereocenters. The monoisotopic (exact) mass is 355 g/mol. The fourth-order valence-electron chi connectivity index (χ4n) is 3.12. The Morgan fingerprint density at radius 2 is 2.29 bits per heavy atom. The van der Waals surface area contributed by atoms with Crippen LogP contribution in [0.1, 0.15) is 32.3 Å². The molecule has 0 aromatic heterocycles. The molecule has 0 bridgehead atoms. The number of hydrogen-bond donors (Lipinski definition) is 1. The van der Waals surface area contributed by atoms with E-state index in [9.17, 15) is 0 Å². The summed E-state index contributed by atoms with van der Waals surface area (Å²) in [6.45, 7) is 7.31. The Morgan fingerprint density at radius 3 is 2.90 bits per heavy atom. The van der Waals surface area contributed by atoms with E-state index in [1.807, 2.05) is 12.1 Å². The van der Waals surface area contributed by atoms with Crippen molar-refractivity contribution in [1.82, 2.24) is 5.32 Å². The highest BCUT2D eigenvalue weighted by Gasteiger charge is 2.41. The van der Waals surface area contributed by atoms with E-state index in [4.69, 9.17) is 9.47 Å². The summed E-state index contributed by atoms with van der Waals surface area (Å²) in [6.07, 6.45) is 3.50. The summed E-state index contributed by atoms with van der Waals surface area (Å²) in [6, 6.07) is 6.23. The second-order valence-electron chi connectivity index (χ2n) is 5.94. The molecular formula is C17H26BrNO2. The zero-order chi connectivity index (χ0) is 15.3. The van der Waals surface area contributed by atoms with Crippen LogP contribution in [0.4, 0.5) is 0 Å². The molecule has 3 nitrogen and oxygen atoms in total. The van der Waals surface area contributed by atoms with E-state index < -0.39 is 0 Å². The molecule has 1 saturated heterocycles. The van der Waals surface area contributed by atoms with Gasteiger partial charge in [0, 0.05) is 23.0 Å². The lowest BCUT2D eigenvalue weighted by Crippen LogP contribution is -2.41. The van der Waals surface area contributed by atoms with Crippen molar-refractivity contribution in [1.29, 1.82) is 0 Å². The SMILES string of the molecule is CCCNCC1(Cc2cc(Br)ccc2OC)CCOC1C. The maximum atomic E-state index is 5.88. The highest BCUT2D eigenvalue weighted by molar-refractivity contribution is 9.10. The Morgan fingerprint density at radius 1 is 1.48 bits per heavy atom. The standard InChI is InChI=1S/C17H26BrNO2/c1-4-8-19-12-17(7-9-21-13(17)2)11-14-10-15(18)5-6-16(14)20-3/h5-6,10,13,19H,4,7-9,11-12H2,1-3H3. The minimum Gasteiger partial charge on any atom is -0.496 e. The van der Waals surface area contributed by atoms with E-state index in [2.05, 4.69) is 41.2 Å². The molecule has 118 valence electrons. The van der Waals surface area contributed by atoms with Gasteiger partial charge in [0.15, 0.2) is 0 Å². The lowest BCUT2D eigenvalue weighted by molar-refractivity contribution is 0.0628. The number of ether oxygens (including phenoxy) is 2. The number of hydrogen-bond acceptors (Lipinski definition) is 3. The van der Waals surface area contributed by atoms with E-state index in [1.165, 1.54) is 5.56 Å². The van der Waals surface area contributed by atoms with Crippen molar-refractivity contribution < 1.29 is 9.47 Å². The average molecular weight is 356 g/mol. The fourth-order valence-corrected chi connectivity index (χ4v) is 3.53. The number of nitrogens with one attached hydrogen (secondary N) is 1. The molecule has 0 spiro atoms. The molecule has 1 N–H and O–H groups in total. The summed E-state index contributed by atoms with van der Waals surface area (Å²) >= 11 is 3.57. The van der Waals surface area contributed by atoms with Gasteiger partial charge in [0.05, 0.1) is 13.2 Å². The molecule has 1 heterocycles. The first-order valence-corrected chi connectivity index (χ1v) is 8.55. The van der Waals surface area contributed by atoms with Gasteiger partial charge in [-0.1, -0.05) is 22.9 Å². The van der Waals surface area contributed by atoms with Crippen LogP contribution in [0.15, 0.2) is 22.7 Å². The third-order valence-corrected chi connectivity index (χ3v) is 5.01. The molecule has 1 fully saturated rings. The molecule has 21 heavy (non-hydrogen) atoms. The maximum absolute atomic E-state index is 5.88. The average Bonchev–Trinajstić information content (AvgIpc) is 2.81. The van der Waals surface area contributed by atoms with Crippen LogP contribution >= 0.6 is 15.9 Å². The first kappa shape index (κ1) is 16.8. The number of halogens is 1. The molecule has 0 saturated carbocycles. The van der Waals surface area contributed by atoms with Crippen molar-refractivity contribution in [3.63, 3.8) is 0 Å². The summed E-state index contributed by atoms with van der Waals surface area (Å²) in [5.41, 5.74) is 1.41. The Kier molecular flexibility index (Phi) is 6.08. The summed E-state index contributed by atoms with van der Waals surface area (Å²) < 4.78 is 12.5. The first-order valence-electron chi connectivity index (χ1n) is 7.76. The van der Waals surface area contributed by atoms with Gasteiger partial charge in [0.2, 0.25) is 0 Å². The van der Waals surface area contributed by atoms with E-state index in [0.29, 0.717) is 0 Å². The molecule has 0 radical (unpaired) electrons. The quantitative estimate of drug-likeness (QED) is 0.754. The van der Waals surface area contributed by atoms with Crippen molar-refractivity contribution in [3.05, 3.63) is 28.2 Å². The molecule has 1 aromatic rings. The normalized spacial score (nSPS) is 25.2. The van der Waals surface area contributed by atoms with Crippen molar-refractivity contribution in [2.24, 2.45) is 5.41 Å². The lowest BCUT2D eigenvalue weighted by Gasteiger charge is -2.33. The Balaban J connectivity index is 2.20. The maximum Gasteiger partial charge on any atom is 0.122 e. The van der Waals surface area contributed by atoms with Crippen molar-refractivity contribution in [2.75, 3.05) is 26.8 Å². The van der Waals surface area contributed by atoms with Gasteiger partial charge >= 0.3 is 0 Å². The molecule has 1 aliphatic rings. The minimum atomic E-state index is 0.156. The highest BCUT2D eigenvalue weighted by Crippen LogP contribution is 2.40. The van der Waals surface area contributed by atoms with Crippen molar-refractivity contribution in [3.8, 4) is 5.75 Å². The Bertz CT molecular complexity index is 466. The zero-order valence-electron chi connectivity index (χ0n) is 13.2. The summed E-state index contributed by atoms with van der Waals surface area (Å²) in [5.74, 6) is 0.965. The van der Waals surface area contributed by atoms with Gasteiger partial charge in [0.25, 0.3) is 0 Å². The van der Waals surface area contributed by atoms with Crippen LogP contribution in [0, 0.1) is 5.41 Å². The number of rotatable bonds is 7. The third kappa shape index (κ3) is 3.99. The zero-order valence-corrected chi connectivity index (χ0v) is 14.8. The van der Waals surface area contributed by atoms with Gasteiger partial charge in [-0.3, -0.25) is 0 Å². The van der Waals surface area contributed by atoms with Crippen LogP contribution < -0.4 is 10.1 Å². The number of methoxy groups -OCH3 is 1. The third-order valence-electron chi connectivity index (χ3n) is 4.52. The van der Waals surface area contributed by atoms with Crippen LogP contribution in [-0.4, -0.2) is 32.9 Å². The van der Waals surface area contributed by atoms with Gasteiger partial charge in [-0.05, 0) is 56.5 Å². The van der Waals surface area contributed by atoms with Crippen LogP contribution in [0.3, 0.4) is 0 Å². The smallest absolute Gasteiger partial charge is 0.122 e. The molecule has 0 aliphatic carbocycles. The molecule has 1 aliphatic heterocycles. The van der Waals surface area contributed by atoms with Gasteiger partial charge < -0.3 is 14.8 Å². The van der Waals surface area contributed by atoms with E-state index >= 15 is 0 Å². The van der Waals surface area contributed by atoms with Crippen molar-refractivity contribution >= 4 is 15.9 Å². The van der Waals surface area contributed by atoms with Crippen LogP contribution in [0.25, 0.3) is 0 Å². The van der Waals surface area contributed by atoms with E-state index in [1.54, 1.807) is 7.11 Å². The second-order valence-corrected chi connectivity index (χ2v) is 6.85. The summed E-state index contributed by atoms with van der Waals surface area (Å²) in [5, 5.41) is 3.59. The predicted molar refractivity (Wildman–Crippen MR) is 90.0 cm³/mol. The van der Waals surface area contributed by atoms with Gasteiger partial charge in [0.1, 0.15) is 5.75 Å². The molecule has 1 aromatic carbocycles. The Hall–Kier alpha value is -0.580. The minimum absolute atomic E-state index is 0.156. The summed E-state index contributed by atoms with van der Waals surface area (Å²) in [4.78, 5) is 0. The van der Waals surface area contributed by atoms with E-state index in [-0.39, 0.29) is 11.5 Å². The predicted octanol–water partition coefficient (Wildman–Crippen LogP) is 3.80. The van der Waals surface area contributed by atoms with Crippen molar-refractivity contribution in [2.45, 2.75) is 39.2 Å². The topological polar surface area (TPSA) is 30.5 Å². The number of benzene rings is 1. The van der Waals surface area contributed by atoms with Gasteiger partial charge in [-0.2, -0.15) is 0 Å². The lowest BCUT2D eigenvalue weighted by atomic mass is 9.76. The Labute approximate surface area is 136 Å². The molecular weight excluding hydrogens is 330 g/mol. The van der Waals surface area contributed by atoms with Crippen LogP contribution in [0.5, 0.6) is 5.75 Å². The first-order chi connectivity index (χ1) is 10.1. The van der Waals surface area contributed by atoms with Crippen LogP contribution in [0.2, 0.25) is 0 Å². The second kappa shape index (κ2) is 7.61. The highest BCUT2D eigenvalue weighted by atomic mass is 79.9. The largest absolute Gasteiger partial charge is 0.496 e.